The molecule has 0 saturated carbocycles. The average molecular weight is 406 g/mol. The molecule has 2 aromatic carbocycles. The van der Waals surface area contributed by atoms with Crippen LogP contribution in [-0.4, -0.2) is 33.8 Å². The van der Waals surface area contributed by atoms with E-state index in [0.29, 0.717) is 23.3 Å². The summed E-state index contributed by atoms with van der Waals surface area (Å²) in [5.74, 6) is 1.24. The van der Waals surface area contributed by atoms with Gasteiger partial charge in [-0.3, -0.25) is 4.79 Å². The van der Waals surface area contributed by atoms with Crippen molar-refractivity contribution in [1.82, 2.24) is 14.8 Å². The highest BCUT2D eigenvalue weighted by Crippen LogP contribution is 2.37. The van der Waals surface area contributed by atoms with Gasteiger partial charge in [0.2, 0.25) is 11.9 Å². The Balaban J connectivity index is 1.71. The highest BCUT2D eigenvalue weighted by Gasteiger charge is 2.41. The molecule has 0 saturated heterocycles. The van der Waals surface area contributed by atoms with Crippen LogP contribution in [0.3, 0.4) is 0 Å². The summed E-state index contributed by atoms with van der Waals surface area (Å²) >= 11 is 0. The number of aromatic nitrogens is 3. The number of hydrogen-bond acceptors (Lipinski definition) is 5. The molecule has 0 spiro atoms. The zero-order valence-electron chi connectivity index (χ0n) is 17.7. The van der Waals surface area contributed by atoms with Crippen LogP contribution in [0.5, 0.6) is 5.75 Å². The van der Waals surface area contributed by atoms with Gasteiger partial charge in [0.25, 0.3) is 0 Å². The summed E-state index contributed by atoms with van der Waals surface area (Å²) in [6.45, 7) is 6.33. The fourth-order valence-corrected chi connectivity index (χ4v) is 4.04. The van der Waals surface area contributed by atoms with Crippen LogP contribution in [0.25, 0.3) is 0 Å². The molecule has 1 aliphatic heterocycles. The Labute approximate surface area is 176 Å². The molecule has 2 N–H and O–H groups in total. The van der Waals surface area contributed by atoms with Gasteiger partial charge in [0.05, 0.1) is 24.8 Å². The molecule has 3 aromatic rings. The fourth-order valence-electron chi connectivity index (χ4n) is 4.04. The Morgan fingerprint density at radius 2 is 1.90 bits per heavy atom. The van der Waals surface area contributed by atoms with Gasteiger partial charge >= 0.3 is 0 Å². The number of nitrogens with one attached hydrogen (secondary N) is 2. The third-order valence-corrected chi connectivity index (χ3v) is 5.68. The molecule has 0 radical (unpaired) electrons. The molecule has 156 valence electrons. The number of hydrogen-bond donors (Lipinski definition) is 2. The molecule has 0 aliphatic carbocycles. The fraction of sp³-hybridized carbons (Fsp3) is 0.348. The predicted molar refractivity (Wildman–Crippen MR) is 117 cm³/mol. The minimum atomic E-state index is -0.394. The molecule has 1 aromatic heterocycles. The number of nitrogens with zero attached hydrogens (tertiary/aromatic N) is 3. The second kappa shape index (κ2) is 8.18. The van der Waals surface area contributed by atoms with Crippen molar-refractivity contribution in [3.05, 3.63) is 66.0 Å². The summed E-state index contributed by atoms with van der Waals surface area (Å²) in [5.41, 5.74) is 2.93. The molecular formula is C23H27N5O2. The molecule has 7 nitrogen and oxygen atoms in total. The van der Waals surface area contributed by atoms with Crippen LogP contribution < -0.4 is 15.4 Å². The number of fused-ring (bicyclic) bond motifs is 1. The summed E-state index contributed by atoms with van der Waals surface area (Å²) in [5, 5.41) is 10.8. The van der Waals surface area contributed by atoms with Crippen molar-refractivity contribution >= 4 is 17.5 Å². The summed E-state index contributed by atoms with van der Waals surface area (Å²) in [6.07, 6.45) is 1.52. The maximum absolute atomic E-state index is 13.5. The number of rotatable bonds is 5. The molecule has 0 fully saturated rings. The van der Waals surface area contributed by atoms with Gasteiger partial charge in [-0.2, -0.15) is 10.1 Å². The Hall–Kier alpha value is -3.35. The molecule has 4 rings (SSSR count). The number of benzene rings is 2. The van der Waals surface area contributed by atoms with E-state index in [1.165, 1.54) is 11.9 Å². The maximum atomic E-state index is 13.5. The first kappa shape index (κ1) is 19.9. The van der Waals surface area contributed by atoms with Crippen molar-refractivity contribution in [2.24, 2.45) is 5.92 Å². The van der Waals surface area contributed by atoms with E-state index in [1.54, 1.807) is 11.8 Å². The maximum Gasteiger partial charge on any atom is 0.232 e. The van der Waals surface area contributed by atoms with E-state index in [1.807, 2.05) is 31.2 Å². The van der Waals surface area contributed by atoms with Gasteiger partial charge < -0.3 is 15.4 Å². The Morgan fingerprint density at radius 1 is 1.17 bits per heavy atom. The number of ether oxygens (including phenoxy) is 1. The largest absolute Gasteiger partial charge is 0.495 e. The van der Waals surface area contributed by atoms with E-state index in [-0.39, 0.29) is 18.0 Å². The van der Waals surface area contributed by atoms with Crippen LogP contribution in [0.4, 0.5) is 11.6 Å². The third-order valence-electron chi connectivity index (χ3n) is 5.68. The Kier molecular flexibility index (Phi) is 5.44. The summed E-state index contributed by atoms with van der Waals surface area (Å²) in [7, 11) is 1.59. The first-order valence-electron chi connectivity index (χ1n) is 10.2. The van der Waals surface area contributed by atoms with Crippen molar-refractivity contribution in [2.45, 2.75) is 38.8 Å². The summed E-state index contributed by atoms with van der Waals surface area (Å²) < 4.78 is 7.20. The van der Waals surface area contributed by atoms with Gasteiger partial charge in [-0.05, 0) is 36.1 Å². The van der Waals surface area contributed by atoms with E-state index in [9.17, 15) is 4.79 Å². The van der Waals surface area contributed by atoms with Gasteiger partial charge in [0, 0.05) is 6.04 Å². The SMILES string of the molecule is COc1ccccc1NC(=O)[C@H]1[C@@H](c2ccc(C(C)C)cc2)n2ncnc2N[C@@H]1C. The van der Waals surface area contributed by atoms with E-state index < -0.39 is 5.92 Å². The van der Waals surface area contributed by atoms with Gasteiger partial charge in [0.1, 0.15) is 12.1 Å². The predicted octanol–water partition coefficient (Wildman–Crippen LogP) is 4.07. The number of para-hydroxylation sites is 2. The smallest absolute Gasteiger partial charge is 0.232 e. The number of methoxy groups -OCH3 is 1. The molecule has 0 bridgehead atoms. The van der Waals surface area contributed by atoms with Crippen LogP contribution in [-0.2, 0) is 4.79 Å². The lowest BCUT2D eigenvalue weighted by molar-refractivity contribution is -0.121. The molecule has 1 amide bonds. The molecule has 7 heteroatoms. The first-order chi connectivity index (χ1) is 14.5. The summed E-state index contributed by atoms with van der Waals surface area (Å²) in [4.78, 5) is 17.8. The Bertz CT molecular complexity index is 1030. The number of carbonyl (C=O) groups is 1. The van der Waals surface area contributed by atoms with E-state index >= 15 is 0 Å². The minimum absolute atomic E-state index is 0.0985. The molecule has 3 atom stereocenters. The number of amides is 1. The topological polar surface area (TPSA) is 81.1 Å². The molecular weight excluding hydrogens is 378 g/mol. The second-order valence-corrected chi connectivity index (χ2v) is 7.94. The second-order valence-electron chi connectivity index (χ2n) is 7.94. The first-order valence-corrected chi connectivity index (χ1v) is 10.2. The monoisotopic (exact) mass is 405 g/mol. The van der Waals surface area contributed by atoms with Crippen LogP contribution >= 0.6 is 0 Å². The lowest BCUT2D eigenvalue weighted by Gasteiger charge is -2.37. The molecule has 30 heavy (non-hydrogen) atoms. The minimum Gasteiger partial charge on any atom is -0.495 e. The van der Waals surface area contributed by atoms with Gasteiger partial charge in [-0.15, -0.1) is 0 Å². The zero-order chi connectivity index (χ0) is 21.3. The van der Waals surface area contributed by atoms with Crippen LogP contribution in [0.2, 0.25) is 0 Å². The van der Waals surface area contributed by atoms with E-state index in [0.717, 1.165) is 5.56 Å². The van der Waals surface area contributed by atoms with Crippen LogP contribution in [0, 0.1) is 5.92 Å². The number of anilines is 2. The quantitative estimate of drug-likeness (QED) is 0.669. The van der Waals surface area contributed by atoms with Crippen molar-refractivity contribution in [3.8, 4) is 5.75 Å². The van der Waals surface area contributed by atoms with Crippen molar-refractivity contribution in [3.63, 3.8) is 0 Å². The van der Waals surface area contributed by atoms with Crippen molar-refractivity contribution < 1.29 is 9.53 Å². The van der Waals surface area contributed by atoms with Gasteiger partial charge in [-0.1, -0.05) is 50.2 Å². The van der Waals surface area contributed by atoms with Gasteiger partial charge in [0.15, 0.2) is 0 Å². The van der Waals surface area contributed by atoms with E-state index in [4.69, 9.17) is 4.74 Å². The summed E-state index contributed by atoms with van der Waals surface area (Å²) in [6, 6.07) is 15.4. The average Bonchev–Trinajstić information content (AvgIpc) is 3.21. The highest BCUT2D eigenvalue weighted by atomic mass is 16.5. The van der Waals surface area contributed by atoms with Crippen LogP contribution in [0.15, 0.2) is 54.9 Å². The van der Waals surface area contributed by atoms with Crippen molar-refractivity contribution in [1.29, 1.82) is 0 Å². The van der Waals surface area contributed by atoms with Gasteiger partial charge in [-0.25, -0.2) is 4.68 Å². The standard InChI is InChI=1S/C23H27N5O2/c1-14(2)16-9-11-17(12-10-16)21-20(15(3)26-23-24-13-25-28(21)23)22(29)27-18-7-5-6-8-19(18)30-4/h5-15,20-21H,1-4H3,(H,27,29)(H,24,25,26)/t15-,20-,21-/m1/s1. The Morgan fingerprint density at radius 3 is 2.60 bits per heavy atom. The molecule has 1 aliphatic rings. The molecule has 0 unspecified atom stereocenters. The molecule has 2 heterocycles. The number of carbonyl (C=O) groups excluding carboxylic acids is 1. The third kappa shape index (κ3) is 3.63. The van der Waals surface area contributed by atoms with Crippen molar-refractivity contribution in [2.75, 3.05) is 17.7 Å². The lowest BCUT2D eigenvalue weighted by atomic mass is 9.84. The van der Waals surface area contributed by atoms with E-state index in [2.05, 4.69) is 58.8 Å². The highest BCUT2D eigenvalue weighted by molar-refractivity contribution is 5.95. The lowest BCUT2D eigenvalue weighted by Crippen LogP contribution is -2.46. The van der Waals surface area contributed by atoms with Crippen LogP contribution in [0.1, 0.15) is 43.9 Å². The zero-order valence-corrected chi connectivity index (χ0v) is 17.7. The normalized spacial score (nSPS) is 20.4.